The molecule has 4 rings (SSSR count). The normalized spacial score (nSPS) is 14.8. The van der Waals surface area contributed by atoms with Crippen molar-refractivity contribution in [2.24, 2.45) is 5.92 Å². The number of hydrogen-bond donors (Lipinski definition) is 2. The molecule has 0 spiro atoms. The molecule has 7 nitrogen and oxygen atoms in total. The molecule has 7 heteroatoms. The Hall–Kier alpha value is -3.35. The van der Waals surface area contributed by atoms with Crippen LogP contribution in [0.1, 0.15) is 49.1 Å². The molecule has 0 saturated carbocycles. The number of amides is 2. The van der Waals surface area contributed by atoms with Crippen molar-refractivity contribution in [3.05, 3.63) is 59.7 Å². The van der Waals surface area contributed by atoms with E-state index in [0.29, 0.717) is 51.2 Å². The molecule has 2 aromatic carbocycles. The smallest absolute Gasteiger partial charge is 0.407 e. The standard InChI is InChI=1S/C26H30N2O5/c29-24(28-15-18(16-28)12-13-25(30)31)11-5-6-14-27-26(32)33-17-23-21-9-3-1-7-19(21)20-8-2-4-10-22(20)23/h1-4,7-10,18,23H,5-6,11-17H2,(H,27,32)(H,30,31). The van der Waals surface area contributed by atoms with Crippen LogP contribution in [-0.2, 0) is 14.3 Å². The molecule has 2 amide bonds. The van der Waals surface area contributed by atoms with Crippen LogP contribution in [0.4, 0.5) is 4.79 Å². The van der Waals surface area contributed by atoms with Crippen LogP contribution in [0.15, 0.2) is 48.5 Å². The van der Waals surface area contributed by atoms with Crippen molar-refractivity contribution < 1.29 is 24.2 Å². The van der Waals surface area contributed by atoms with Gasteiger partial charge in [-0.15, -0.1) is 0 Å². The second-order valence-electron chi connectivity index (χ2n) is 8.81. The monoisotopic (exact) mass is 450 g/mol. The predicted molar refractivity (Wildman–Crippen MR) is 124 cm³/mol. The topological polar surface area (TPSA) is 95.9 Å². The van der Waals surface area contributed by atoms with Gasteiger partial charge in [0.05, 0.1) is 0 Å². The highest BCUT2D eigenvalue weighted by atomic mass is 16.5. The number of aliphatic carboxylic acids is 1. The zero-order valence-corrected chi connectivity index (χ0v) is 18.7. The lowest BCUT2D eigenvalue weighted by Crippen LogP contribution is -2.50. The van der Waals surface area contributed by atoms with Crippen molar-refractivity contribution in [2.75, 3.05) is 26.2 Å². The summed E-state index contributed by atoms with van der Waals surface area (Å²) in [7, 11) is 0. The van der Waals surface area contributed by atoms with Gasteiger partial charge in [-0.2, -0.15) is 0 Å². The molecule has 2 aromatic rings. The molecule has 0 aromatic heterocycles. The summed E-state index contributed by atoms with van der Waals surface area (Å²) in [4.78, 5) is 36.7. The SMILES string of the molecule is O=C(O)CCC1CN(C(=O)CCCCNC(=O)OCC2c3ccccc3-c3ccccc32)C1. The Morgan fingerprint density at radius 1 is 0.939 bits per heavy atom. The molecule has 0 atom stereocenters. The van der Waals surface area contributed by atoms with Gasteiger partial charge in [-0.3, -0.25) is 9.59 Å². The number of rotatable bonds is 10. The third-order valence-corrected chi connectivity index (χ3v) is 6.51. The largest absolute Gasteiger partial charge is 0.481 e. The number of carboxylic acids is 1. The second-order valence-corrected chi connectivity index (χ2v) is 8.81. The van der Waals surface area contributed by atoms with E-state index in [2.05, 4.69) is 29.6 Å². The van der Waals surface area contributed by atoms with Gasteiger partial charge in [-0.25, -0.2) is 4.79 Å². The molecule has 1 aliphatic carbocycles. The fourth-order valence-electron chi connectivity index (χ4n) is 4.68. The maximum atomic E-state index is 12.2. The Morgan fingerprint density at radius 2 is 1.58 bits per heavy atom. The Morgan fingerprint density at radius 3 is 2.21 bits per heavy atom. The zero-order valence-electron chi connectivity index (χ0n) is 18.7. The minimum Gasteiger partial charge on any atom is -0.481 e. The minimum atomic E-state index is -0.788. The number of nitrogens with one attached hydrogen (secondary N) is 1. The lowest BCUT2D eigenvalue weighted by atomic mass is 9.94. The first-order valence-electron chi connectivity index (χ1n) is 11.6. The Balaban J connectivity index is 1.12. The van der Waals surface area contributed by atoms with Crippen LogP contribution < -0.4 is 5.32 Å². The summed E-state index contributed by atoms with van der Waals surface area (Å²) in [6.45, 7) is 2.07. The van der Waals surface area contributed by atoms with Crippen LogP contribution in [-0.4, -0.2) is 54.2 Å². The molecule has 0 radical (unpaired) electrons. The predicted octanol–water partition coefficient (Wildman–Crippen LogP) is 4.02. The van der Waals surface area contributed by atoms with Gasteiger partial charge in [0.25, 0.3) is 0 Å². The molecule has 1 aliphatic heterocycles. The van der Waals surface area contributed by atoms with Crippen LogP contribution in [0, 0.1) is 5.92 Å². The van der Waals surface area contributed by atoms with Gasteiger partial charge in [0.15, 0.2) is 0 Å². The number of fused-ring (bicyclic) bond motifs is 3. The van der Waals surface area contributed by atoms with E-state index >= 15 is 0 Å². The van der Waals surface area contributed by atoms with E-state index in [1.54, 1.807) is 4.90 Å². The molecule has 1 saturated heterocycles. The maximum absolute atomic E-state index is 12.2. The van der Waals surface area contributed by atoms with Gasteiger partial charge in [-0.05, 0) is 47.4 Å². The molecule has 1 heterocycles. The average molecular weight is 451 g/mol. The summed E-state index contributed by atoms with van der Waals surface area (Å²) in [5, 5.41) is 11.5. The Kier molecular flexibility index (Phi) is 7.27. The number of benzene rings is 2. The molecular weight excluding hydrogens is 420 g/mol. The molecule has 174 valence electrons. The van der Waals surface area contributed by atoms with E-state index < -0.39 is 12.1 Å². The highest BCUT2D eigenvalue weighted by molar-refractivity contribution is 5.79. The van der Waals surface area contributed by atoms with Gasteiger partial charge < -0.3 is 20.1 Å². The van der Waals surface area contributed by atoms with Crippen LogP contribution >= 0.6 is 0 Å². The summed E-state index contributed by atoms with van der Waals surface area (Å²) in [5.74, 6) is -0.344. The van der Waals surface area contributed by atoms with Crippen molar-refractivity contribution in [3.8, 4) is 11.1 Å². The Bertz CT molecular complexity index is 970. The van der Waals surface area contributed by atoms with Crippen molar-refractivity contribution >= 4 is 18.0 Å². The zero-order chi connectivity index (χ0) is 23.2. The number of carbonyl (C=O) groups is 3. The van der Waals surface area contributed by atoms with Crippen LogP contribution in [0.2, 0.25) is 0 Å². The number of carboxylic acid groups (broad SMARTS) is 1. The average Bonchev–Trinajstić information content (AvgIpc) is 3.10. The number of alkyl carbamates (subject to hydrolysis) is 1. The number of likely N-dealkylation sites (tertiary alicyclic amines) is 1. The van der Waals surface area contributed by atoms with Crippen molar-refractivity contribution in [2.45, 2.75) is 38.0 Å². The molecule has 33 heavy (non-hydrogen) atoms. The van der Waals surface area contributed by atoms with Gasteiger partial charge in [0.2, 0.25) is 5.91 Å². The summed E-state index contributed by atoms with van der Waals surface area (Å²) in [6.07, 6.45) is 2.19. The molecule has 2 aliphatic rings. The number of unbranched alkanes of at least 4 members (excludes halogenated alkanes) is 1. The quantitative estimate of drug-likeness (QED) is 0.533. The number of ether oxygens (including phenoxy) is 1. The third-order valence-electron chi connectivity index (χ3n) is 6.51. The van der Waals surface area contributed by atoms with E-state index in [4.69, 9.17) is 9.84 Å². The maximum Gasteiger partial charge on any atom is 0.407 e. The molecule has 0 unspecified atom stereocenters. The van der Waals surface area contributed by atoms with Crippen LogP contribution in [0.5, 0.6) is 0 Å². The third kappa shape index (κ3) is 5.53. The van der Waals surface area contributed by atoms with Gasteiger partial charge in [-0.1, -0.05) is 48.5 Å². The van der Waals surface area contributed by atoms with E-state index in [1.165, 1.54) is 22.3 Å². The second kappa shape index (κ2) is 10.5. The van der Waals surface area contributed by atoms with Gasteiger partial charge in [0, 0.05) is 38.4 Å². The van der Waals surface area contributed by atoms with Crippen molar-refractivity contribution in [3.63, 3.8) is 0 Å². The molecular formula is C26H30N2O5. The fourth-order valence-corrected chi connectivity index (χ4v) is 4.68. The van der Waals surface area contributed by atoms with E-state index in [9.17, 15) is 14.4 Å². The molecule has 1 fully saturated rings. The first kappa shape index (κ1) is 22.8. The molecule has 0 bridgehead atoms. The van der Waals surface area contributed by atoms with E-state index in [1.807, 2.05) is 24.3 Å². The minimum absolute atomic E-state index is 0.0385. The summed E-state index contributed by atoms with van der Waals surface area (Å²) < 4.78 is 5.52. The summed E-state index contributed by atoms with van der Waals surface area (Å²) in [6, 6.07) is 16.4. The number of hydrogen-bond acceptors (Lipinski definition) is 4. The molecule has 2 N–H and O–H groups in total. The lowest BCUT2D eigenvalue weighted by molar-refractivity contribution is -0.139. The first-order chi connectivity index (χ1) is 16.0. The van der Waals surface area contributed by atoms with Crippen molar-refractivity contribution in [1.29, 1.82) is 0 Å². The number of carbonyl (C=O) groups excluding carboxylic acids is 2. The van der Waals surface area contributed by atoms with Crippen molar-refractivity contribution in [1.82, 2.24) is 10.2 Å². The first-order valence-corrected chi connectivity index (χ1v) is 11.6. The van der Waals surface area contributed by atoms with Crippen LogP contribution in [0.3, 0.4) is 0 Å². The summed E-state index contributed by atoms with van der Waals surface area (Å²) in [5.41, 5.74) is 4.76. The van der Waals surface area contributed by atoms with E-state index in [-0.39, 0.29) is 24.9 Å². The van der Waals surface area contributed by atoms with E-state index in [0.717, 1.165) is 0 Å². The van der Waals surface area contributed by atoms with Gasteiger partial charge >= 0.3 is 12.1 Å². The van der Waals surface area contributed by atoms with Crippen LogP contribution in [0.25, 0.3) is 11.1 Å². The Labute approximate surface area is 193 Å². The number of nitrogens with zero attached hydrogens (tertiary/aromatic N) is 1. The highest BCUT2D eigenvalue weighted by Gasteiger charge is 2.30. The summed E-state index contributed by atoms with van der Waals surface area (Å²) >= 11 is 0. The lowest BCUT2D eigenvalue weighted by Gasteiger charge is -2.39. The fraction of sp³-hybridized carbons (Fsp3) is 0.423. The van der Waals surface area contributed by atoms with Gasteiger partial charge in [0.1, 0.15) is 6.61 Å². The highest BCUT2D eigenvalue weighted by Crippen LogP contribution is 2.44.